The molecule has 0 aromatic heterocycles. The van der Waals surface area contributed by atoms with E-state index in [2.05, 4.69) is 0 Å². The van der Waals surface area contributed by atoms with Crippen molar-refractivity contribution in [1.82, 2.24) is 0 Å². The molecular weight excluding hydrogens is 500 g/mol. The maximum absolute atomic E-state index is 13.5. The molecule has 12 atom stereocenters. The molecule has 38 heavy (non-hydrogen) atoms. The summed E-state index contributed by atoms with van der Waals surface area (Å²) >= 11 is 0. The van der Waals surface area contributed by atoms with E-state index in [1.165, 1.54) is 13.0 Å². The fraction of sp³-hybridized carbons (Fsp3) is 0.778. The number of aliphatic hydroxyl groups is 3. The van der Waals surface area contributed by atoms with Crippen molar-refractivity contribution in [2.24, 2.45) is 28.6 Å². The van der Waals surface area contributed by atoms with Crippen LogP contribution in [0, 0.1) is 28.6 Å². The highest BCUT2D eigenvalue weighted by Crippen LogP contribution is 2.72. The minimum Gasteiger partial charge on any atom is -0.459 e. The Bertz CT molecular complexity index is 1130. The maximum atomic E-state index is 13.5. The van der Waals surface area contributed by atoms with Crippen molar-refractivity contribution in [1.29, 1.82) is 0 Å². The first-order chi connectivity index (χ1) is 17.6. The second-order valence-electron chi connectivity index (χ2n) is 12.3. The van der Waals surface area contributed by atoms with E-state index < -0.39 is 94.0 Å². The second kappa shape index (κ2) is 8.33. The molecule has 4 fully saturated rings. The van der Waals surface area contributed by atoms with E-state index in [1.807, 2.05) is 0 Å². The van der Waals surface area contributed by atoms with Crippen LogP contribution in [-0.2, 0) is 38.1 Å². The highest BCUT2D eigenvalue weighted by Gasteiger charge is 2.82. The Kier molecular flexibility index (Phi) is 5.97. The van der Waals surface area contributed by atoms with E-state index in [0.29, 0.717) is 5.57 Å². The van der Waals surface area contributed by atoms with Crippen LogP contribution in [-0.4, -0.2) is 87.3 Å². The lowest BCUT2D eigenvalue weighted by Gasteiger charge is -2.68. The normalized spacial score (nSPS) is 48.6. The predicted molar refractivity (Wildman–Crippen MR) is 127 cm³/mol. The summed E-state index contributed by atoms with van der Waals surface area (Å²) in [5, 5.41) is 34.3. The van der Waals surface area contributed by atoms with Crippen molar-refractivity contribution in [2.45, 2.75) is 96.1 Å². The zero-order chi connectivity index (χ0) is 28.2. The van der Waals surface area contributed by atoms with Crippen LogP contribution < -0.4 is 0 Å². The highest BCUT2D eigenvalue weighted by atomic mass is 16.6. The van der Waals surface area contributed by atoms with Crippen molar-refractivity contribution in [3.05, 3.63) is 11.6 Å². The third-order valence-corrected chi connectivity index (χ3v) is 10.4. The Morgan fingerprint density at radius 1 is 1.18 bits per heavy atom. The van der Waals surface area contributed by atoms with Gasteiger partial charge in [-0.05, 0) is 45.6 Å². The number of allylic oxidation sites excluding steroid dienone is 1. The summed E-state index contributed by atoms with van der Waals surface area (Å²) in [6, 6.07) is 0. The first-order valence-corrected chi connectivity index (χ1v) is 13.1. The monoisotopic (exact) mass is 536 g/mol. The number of carbonyl (C=O) groups excluding carboxylic acids is 4. The van der Waals surface area contributed by atoms with E-state index in [-0.39, 0.29) is 19.4 Å². The van der Waals surface area contributed by atoms with Crippen LogP contribution in [0.2, 0.25) is 0 Å². The van der Waals surface area contributed by atoms with Gasteiger partial charge >= 0.3 is 17.9 Å². The smallest absolute Gasteiger partial charge is 0.351 e. The lowest BCUT2D eigenvalue weighted by atomic mass is 9.38. The number of hydrogen-bond donors (Lipinski definition) is 3. The molecule has 1 unspecified atom stereocenters. The standard InChI is InChI=1S/C27H36O11/c1-7-24(4,38-12(3)28)23(34)37-17-19-26(6)21(32)16(30)18-25(5)13(11(2)8-14(29)20(25)31)9-15(36-22(17)33)27(18,19)10-35-26/h8,13,15-21,30-32H,7,9-10H2,1-6H3/t13-,15+,16+,17+,18+,19-,20+,21-,24+,25-,26?,27+/m0/s1. The van der Waals surface area contributed by atoms with Crippen LogP contribution in [0.1, 0.15) is 54.4 Å². The Labute approximate surface area is 220 Å². The van der Waals surface area contributed by atoms with Crippen LogP contribution in [0.5, 0.6) is 0 Å². The third kappa shape index (κ3) is 3.16. The van der Waals surface area contributed by atoms with Gasteiger partial charge < -0.3 is 34.3 Å². The second-order valence-corrected chi connectivity index (χ2v) is 12.3. The van der Waals surface area contributed by atoms with E-state index in [4.69, 9.17) is 18.9 Å². The quantitative estimate of drug-likeness (QED) is 0.332. The molecular formula is C27H36O11. The van der Waals surface area contributed by atoms with Gasteiger partial charge in [-0.3, -0.25) is 9.59 Å². The number of aliphatic hydroxyl groups excluding tert-OH is 3. The molecule has 210 valence electrons. The highest BCUT2D eigenvalue weighted by molar-refractivity contribution is 5.96. The molecule has 0 aromatic carbocycles. The fourth-order valence-electron chi connectivity index (χ4n) is 8.49. The van der Waals surface area contributed by atoms with Crippen LogP contribution in [0.15, 0.2) is 11.6 Å². The van der Waals surface area contributed by atoms with Gasteiger partial charge in [-0.2, -0.15) is 0 Å². The molecule has 2 heterocycles. The average molecular weight is 537 g/mol. The third-order valence-electron chi connectivity index (χ3n) is 10.4. The molecule has 11 nitrogen and oxygen atoms in total. The molecule has 0 radical (unpaired) electrons. The number of hydrogen-bond acceptors (Lipinski definition) is 11. The minimum atomic E-state index is -1.68. The van der Waals surface area contributed by atoms with Crippen molar-refractivity contribution in [2.75, 3.05) is 6.61 Å². The summed E-state index contributed by atoms with van der Waals surface area (Å²) in [6.45, 7) is 9.14. The molecule has 2 bridgehead atoms. The fourth-order valence-corrected chi connectivity index (χ4v) is 8.49. The number of fused-ring (bicyclic) bond motifs is 2. The summed E-state index contributed by atoms with van der Waals surface area (Å²) in [4.78, 5) is 51.3. The number of ketones is 1. The summed E-state index contributed by atoms with van der Waals surface area (Å²) in [7, 11) is 0. The maximum Gasteiger partial charge on any atom is 0.351 e. The molecule has 1 spiro atoms. The average Bonchev–Trinajstić information content (AvgIpc) is 3.11. The van der Waals surface area contributed by atoms with Crippen LogP contribution in [0.25, 0.3) is 0 Å². The molecule has 2 saturated carbocycles. The Hall–Kier alpha value is -2.34. The molecule has 0 aromatic rings. The van der Waals surface area contributed by atoms with Crippen molar-refractivity contribution in [3.8, 4) is 0 Å². The molecule has 0 amide bonds. The number of esters is 3. The first-order valence-electron chi connectivity index (χ1n) is 13.1. The van der Waals surface area contributed by atoms with Gasteiger partial charge in [0, 0.05) is 23.7 Å². The SMILES string of the molecule is CC[C@@](C)(OC(C)=O)C(=O)O[C@H]1C(=O)O[C@@H]2C[C@H]3C(C)=CC(=O)[C@@H](O)[C@]3(C)[C@H]3[C@@H](O)[C@H](O)C4(C)OC[C@]32[C@@H]14. The molecule has 11 heteroatoms. The van der Waals surface area contributed by atoms with Gasteiger partial charge in [0.15, 0.2) is 5.78 Å². The van der Waals surface area contributed by atoms with Crippen LogP contribution in [0.4, 0.5) is 0 Å². The van der Waals surface area contributed by atoms with Crippen LogP contribution >= 0.6 is 0 Å². The Morgan fingerprint density at radius 3 is 2.45 bits per heavy atom. The molecule has 2 aliphatic heterocycles. The number of ether oxygens (including phenoxy) is 4. The Morgan fingerprint density at radius 2 is 1.84 bits per heavy atom. The van der Waals surface area contributed by atoms with Gasteiger partial charge in [0.2, 0.25) is 11.7 Å². The molecule has 5 rings (SSSR count). The van der Waals surface area contributed by atoms with Crippen molar-refractivity contribution in [3.63, 3.8) is 0 Å². The van der Waals surface area contributed by atoms with Gasteiger partial charge in [0.05, 0.1) is 18.6 Å². The first kappa shape index (κ1) is 27.2. The summed E-state index contributed by atoms with van der Waals surface area (Å²) in [6.07, 6.45) is -5.08. The topological polar surface area (TPSA) is 166 Å². The van der Waals surface area contributed by atoms with Gasteiger partial charge in [-0.1, -0.05) is 19.4 Å². The minimum absolute atomic E-state index is 0.0556. The lowest BCUT2D eigenvalue weighted by molar-refractivity contribution is -0.298. The van der Waals surface area contributed by atoms with Gasteiger partial charge in [0.1, 0.15) is 23.9 Å². The van der Waals surface area contributed by atoms with Gasteiger partial charge in [0.25, 0.3) is 0 Å². The van der Waals surface area contributed by atoms with Crippen molar-refractivity contribution < 1.29 is 53.4 Å². The van der Waals surface area contributed by atoms with E-state index in [0.717, 1.165) is 6.92 Å². The molecule has 5 aliphatic rings. The van der Waals surface area contributed by atoms with E-state index >= 15 is 0 Å². The molecule has 3 aliphatic carbocycles. The summed E-state index contributed by atoms with van der Waals surface area (Å²) in [5.41, 5.74) is -4.91. The lowest BCUT2D eigenvalue weighted by Crippen LogP contribution is -2.78. The number of carbonyl (C=O) groups is 4. The predicted octanol–water partition coefficient (Wildman–Crippen LogP) is 0.215. The zero-order valence-corrected chi connectivity index (χ0v) is 22.4. The van der Waals surface area contributed by atoms with Gasteiger partial charge in [-0.25, -0.2) is 9.59 Å². The Balaban J connectivity index is 1.65. The van der Waals surface area contributed by atoms with E-state index in [1.54, 1.807) is 27.7 Å². The summed E-state index contributed by atoms with van der Waals surface area (Å²) < 4.78 is 23.1. The van der Waals surface area contributed by atoms with Crippen molar-refractivity contribution >= 4 is 23.7 Å². The molecule has 2 saturated heterocycles. The largest absolute Gasteiger partial charge is 0.459 e. The number of rotatable bonds is 4. The zero-order valence-electron chi connectivity index (χ0n) is 22.4. The molecule has 3 N–H and O–H groups in total. The van der Waals surface area contributed by atoms with E-state index in [9.17, 15) is 34.5 Å². The van der Waals surface area contributed by atoms with Gasteiger partial charge in [-0.15, -0.1) is 0 Å². The van der Waals surface area contributed by atoms with Crippen LogP contribution in [0.3, 0.4) is 0 Å². The summed E-state index contributed by atoms with van der Waals surface area (Å²) in [5.74, 6) is -5.34.